The van der Waals surface area contributed by atoms with Crippen LogP contribution in [-0.2, 0) is 4.79 Å². The van der Waals surface area contributed by atoms with Crippen molar-refractivity contribution in [2.24, 2.45) is 0 Å². The number of hydrogen-bond donors (Lipinski definition) is 2. The topological polar surface area (TPSA) is 49.3 Å². The third kappa shape index (κ3) is 2.39. The summed E-state index contributed by atoms with van der Waals surface area (Å²) in [5.41, 5.74) is -0.333. The molecule has 0 bridgehead atoms. The Hall–Kier alpha value is -1.21. The van der Waals surface area contributed by atoms with Crippen molar-refractivity contribution < 1.29 is 23.1 Å². The summed E-state index contributed by atoms with van der Waals surface area (Å²) in [5.74, 6) is -3.91. The summed E-state index contributed by atoms with van der Waals surface area (Å²) in [7, 11) is 0. The maximum atomic E-state index is 13.4. The fourth-order valence-corrected chi connectivity index (χ4v) is 2.86. The second-order valence-corrected chi connectivity index (χ2v) is 4.69. The van der Waals surface area contributed by atoms with Gasteiger partial charge in [-0.1, -0.05) is 0 Å². The molecule has 2 rings (SSSR count). The van der Waals surface area contributed by atoms with Crippen LogP contribution >= 0.6 is 11.8 Å². The average molecular weight is 263 g/mol. The van der Waals surface area contributed by atoms with Crippen molar-refractivity contribution in [1.29, 1.82) is 0 Å². The van der Waals surface area contributed by atoms with E-state index < -0.39 is 34.8 Å². The van der Waals surface area contributed by atoms with Crippen LogP contribution in [0.5, 0.6) is 0 Å². The van der Waals surface area contributed by atoms with Crippen LogP contribution in [0.3, 0.4) is 0 Å². The number of benzene rings is 1. The van der Waals surface area contributed by atoms with Gasteiger partial charge in [0.05, 0.1) is 10.9 Å². The summed E-state index contributed by atoms with van der Waals surface area (Å²) < 4.78 is 39.5. The Balaban J connectivity index is 2.27. The SMILES string of the molecule is O=C(O)[C@@H]1CSC(c2c(F)cc(F)cc2F)N1. The predicted molar refractivity (Wildman–Crippen MR) is 56.1 cm³/mol. The third-order valence-electron chi connectivity index (χ3n) is 2.39. The van der Waals surface area contributed by atoms with Gasteiger partial charge in [-0.25, -0.2) is 13.2 Å². The van der Waals surface area contributed by atoms with E-state index >= 15 is 0 Å². The van der Waals surface area contributed by atoms with E-state index in [1.54, 1.807) is 0 Å². The van der Waals surface area contributed by atoms with Gasteiger partial charge in [-0.15, -0.1) is 11.8 Å². The zero-order chi connectivity index (χ0) is 12.6. The molecule has 0 aromatic heterocycles. The van der Waals surface area contributed by atoms with Crippen LogP contribution in [-0.4, -0.2) is 22.9 Å². The van der Waals surface area contributed by atoms with E-state index in [0.717, 1.165) is 11.8 Å². The maximum Gasteiger partial charge on any atom is 0.321 e. The van der Waals surface area contributed by atoms with Crippen LogP contribution in [0, 0.1) is 17.5 Å². The summed E-state index contributed by atoms with van der Waals surface area (Å²) in [4.78, 5) is 10.7. The first-order valence-electron chi connectivity index (χ1n) is 4.74. The van der Waals surface area contributed by atoms with Crippen LogP contribution in [0.25, 0.3) is 0 Å². The third-order valence-corrected chi connectivity index (χ3v) is 3.62. The lowest BCUT2D eigenvalue weighted by molar-refractivity contribution is -0.138. The number of rotatable bonds is 2. The van der Waals surface area contributed by atoms with Gasteiger partial charge >= 0.3 is 5.97 Å². The first kappa shape index (κ1) is 12.3. The lowest BCUT2D eigenvalue weighted by atomic mass is 10.1. The number of carboxylic acids is 1. The molecule has 0 saturated carbocycles. The molecule has 1 aliphatic heterocycles. The van der Waals surface area contributed by atoms with Gasteiger partial charge in [0.2, 0.25) is 0 Å². The molecule has 1 saturated heterocycles. The van der Waals surface area contributed by atoms with Crippen molar-refractivity contribution in [2.45, 2.75) is 11.4 Å². The van der Waals surface area contributed by atoms with Gasteiger partial charge in [-0.2, -0.15) is 0 Å². The zero-order valence-corrected chi connectivity index (χ0v) is 9.23. The van der Waals surface area contributed by atoms with Crippen molar-refractivity contribution in [2.75, 3.05) is 5.75 Å². The Kier molecular flexibility index (Phi) is 3.30. The molecule has 0 amide bonds. The molecule has 2 N–H and O–H groups in total. The van der Waals surface area contributed by atoms with E-state index in [9.17, 15) is 18.0 Å². The van der Waals surface area contributed by atoms with Gasteiger partial charge in [-0.3, -0.25) is 10.1 Å². The number of carbonyl (C=O) groups is 1. The molecule has 17 heavy (non-hydrogen) atoms. The van der Waals surface area contributed by atoms with Crippen LogP contribution in [0.1, 0.15) is 10.9 Å². The highest BCUT2D eigenvalue weighted by atomic mass is 32.2. The molecule has 2 atom stereocenters. The molecule has 1 aromatic carbocycles. The molecule has 1 heterocycles. The largest absolute Gasteiger partial charge is 0.480 e. The highest BCUT2D eigenvalue weighted by molar-refractivity contribution is 7.99. The molecule has 92 valence electrons. The van der Waals surface area contributed by atoms with Crippen LogP contribution in [0.2, 0.25) is 0 Å². The molecule has 0 aliphatic carbocycles. The number of halogens is 3. The molecule has 0 radical (unpaired) electrons. The minimum atomic E-state index is -1.08. The standard InChI is InChI=1S/C10H8F3NO2S/c11-4-1-5(12)8(6(13)2-4)9-14-7(3-17-9)10(15)16/h1-2,7,9,14H,3H2,(H,15,16)/t7-,9?/m0/s1. The van der Waals surface area contributed by atoms with Crippen molar-refractivity contribution in [3.63, 3.8) is 0 Å². The fraction of sp³-hybridized carbons (Fsp3) is 0.300. The van der Waals surface area contributed by atoms with Crippen molar-refractivity contribution in [3.8, 4) is 0 Å². The second-order valence-electron chi connectivity index (χ2n) is 3.55. The van der Waals surface area contributed by atoms with E-state index in [1.807, 2.05) is 0 Å². The average Bonchev–Trinajstić information content (AvgIpc) is 2.65. The Morgan fingerprint density at radius 3 is 2.41 bits per heavy atom. The predicted octanol–water partition coefficient (Wildman–Crippen LogP) is 1.89. The van der Waals surface area contributed by atoms with Crippen molar-refractivity contribution in [3.05, 3.63) is 35.1 Å². The Morgan fingerprint density at radius 2 is 1.94 bits per heavy atom. The van der Waals surface area contributed by atoms with E-state index in [1.165, 1.54) is 0 Å². The van der Waals surface area contributed by atoms with Gasteiger partial charge in [0, 0.05) is 17.9 Å². The fourth-order valence-electron chi connectivity index (χ4n) is 1.58. The van der Waals surface area contributed by atoms with Crippen LogP contribution < -0.4 is 5.32 Å². The number of hydrogen-bond acceptors (Lipinski definition) is 3. The molecule has 3 nitrogen and oxygen atoms in total. The number of aliphatic carboxylic acids is 1. The Morgan fingerprint density at radius 1 is 1.35 bits per heavy atom. The van der Waals surface area contributed by atoms with Crippen LogP contribution in [0.4, 0.5) is 13.2 Å². The highest BCUT2D eigenvalue weighted by Gasteiger charge is 2.33. The molecule has 0 spiro atoms. The zero-order valence-electron chi connectivity index (χ0n) is 8.41. The lowest BCUT2D eigenvalue weighted by Crippen LogP contribution is -2.34. The Labute approximate surface area is 99.0 Å². The van der Waals surface area contributed by atoms with E-state index in [-0.39, 0.29) is 11.3 Å². The van der Waals surface area contributed by atoms with Crippen LogP contribution in [0.15, 0.2) is 12.1 Å². The van der Waals surface area contributed by atoms with E-state index in [2.05, 4.69) is 5.32 Å². The van der Waals surface area contributed by atoms with Gasteiger partial charge in [-0.05, 0) is 0 Å². The summed E-state index contributed by atoms with van der Waals surface area (Å²) in [6.07, 6.45) is 0. The number of carboxylic acid groups (broad SMARTS) is 1. The monoisotopic (exact) mass is 263 g/mol. The molecular formula is C10H8F3NO2S. The molecule has 1 aliphatic rings. The van der Waals surface area contributed by atoms with Crippen molar-refractivity contribution >= 4 is 17.7 Å². The van der Waals surface area contributed by atoms with Gasteiger partial charge in [0.25, 0.3) is 0 Å². The first-order valence-corrected chi connectivity index (χ1v) is 5.79. The minimum absolute atomic E-state index is 0.205. The molecule has 1 unspecified atom stereocenters. The quantitative estimate of drug-likeness (QED) is 0.855. The smallest absolute Gasteiger partial charge is 0.321 e. The van der Waals surface area contributed by atoms with Gasteiger partial charge in [0.15, 0.2) is 0 Å². The first-order chi connectivity index (χ1) is 7.99. The number of nitrogens with one attached hydrogen (secondary N) is 1. The van der Waals surface area contributed by atoms with E-state index in [4.69, 9.17) is 5.11 Å². The summed E-state index contributed by atoms with van der Waals surface area (Å²) in [5, 5.41) is 10.5. The lowest BCUT2D eigenvalue weighted by Gasteiger charge is -2.13. The maximum absolute atomic E-state index is 13.4. The molecule has 7 heteroatoms. The molecule has 1 aromatic rings. The van der Waals surface area contributed by atoms with Gasteiger partial charge < -0.3 is 5.11 Å². The molecule has 1 fully saturated rings. The number of thioether (sulfide) groups is 1. The summed E-state index contributed by atoms with van der Waals surface area (Å²) >= 11 is 1.07. The summed E-state index contributed by atoms with van der Waals surface area (Å²) in [6.45, 7) is 0. The highest BCUT2D eigenvalue weighted by Crippen LogP contribution is 2.35. The summed E-state index contributed by atoms with van der Waals surface area (Å²) in [6, 6.07) is 0.303. The molecular weight excluding hydrogens is 255 g/mol. The normalized spacial score (nSPS) is 23.9. The van der Waals surface area contributed by atoms with Crippen molar-refractivity contribution in [1.82, 2.24) is 5.32 Å². The Bertz CT molecular complexity index is 446. The second kappa shape index (κ2) is 4.58. The minimum Gasteiger partial charge on any atom is -0.480 e. The van der Waals surface area contributed by atoms with E-state index in [0.29, 0.717) is 12.1 Å². The van der Waals surface area contributed by atoms with Gasteiger partial charge in [0.1, 0.15) is 23.5 Å².